The molecular weight excluding hydrogens is 536 g/mol. The van der Waals surface area contributed by atoms with Gasteiger partial charge >= 0.3 is 11.8 Å². The van der Waals surface area contributed by atoms with Gasteiger partial charge in [-0.3, -0.25) is 20.2 Å². The van der Waals surface area contributed by atoms with E-state index in [2.05, 4.69) is 5.32 Å². The Morgan fingerprint density at radius 1 is 0.875 bits per heavy atom. The molecule has 222 valence electrons. The largest absolute Gasteiger partial charge is 1.00 e. The molecule has 0 fully saturated rings. The molecule has 2 rings (SSSR count). The Kier molecular flexibility index (Phi) is 15.8. The highest BCUT2D eigenvalue weighted by Gasteiger charge is 2.26. The van der Waals surface area contributed by atoms with Crippen molar-refractivity contribution in [1.29, 1.82) is 0 Å². The lowest BCUT2D eigenvalue weighted by molar-refractivity contribution is -0.601. The summed E-state index contributed by atoms with van der Waals surface area (Å²) in [4.78, 5) is 32.8. The van der Waals surface area contributed by atoms with Crippen molar-refractivity contribution in [2.45, 2.75) is 103 Å². The average Bonchev–Trinajstić information content (AvgIpc) is 2.87. The van der Waals surface area contributed by atoms with E-state index >= 15 is 0 Å². The Balaban J connectivity index is 0.00000800. The number of carbonyl (C=O) groups excluding carboxylic acids is 1. The van der Waals surface area contributed by atoms with Gasteiger partial charge in [0.1, 0.15) is 11.7 Å². The van der Waals surface area contributed by atoms with Crippen LogP contribution >= 0.6 is 0 Å². The molecule has 2 aromatic rings. The molecule has 0 unspecified atom stereocenters. The molecule has 0 aliphatic heterocycles. The summed E-state index contributed by atoms with van der Waals surface area (Å²) in [6.07, 6.45) is 17.0. The number of nitrogens with zero attached hydrogens (tertiary/aromatic N) is 3. The molecule has 40 heavy (non-hydrogen) atoms. The van der Waals surface area contributed by atoms with E-state index in [1.54, 1.807) is 10.8 Å². The molecule has 11 heteroatoms. The summed E-state index contributed by atoms with van der Waals surface area (Å²) in [6, 6.07) is 7.56. The molecule has 0 saturated carbocycles. The molecular formula is C29H43ClN4O6. The van der Waals surface area contributed by atoms with Gasteiger partial charge in [-0.05, 0) is 46.1 Å². The Bertz CT molecular complexity index is 1090. The molecule has 10 nitrogen and oxygen atoms in total. The first-order valence-corrected chi connectivity index (χ1v) is 14.0. The minimum absolute atomic E-state index is 0. The number of nitro groups is 2. The molecule has 0 aliphatic carbocycles. The van der Waals surface area contributed by atoms with Crippen molar-refractivity contribution < 1.29 is 36.4 Å². The first-order chi connectivity index (χ1) is 18.6. The number of unbranched alkanes of at least 4 members (excludes halogenated alkanes) is 10. The summed E-state index contributed by atoms with van der Waals surface area (Å²) in [5.41, 5.74) is 0.339. The highest BCUT2D eigenvalue weighted by molar-refractivity contribution is 5.67. The molecule has 0 aliphatic rings. The van der Waals surface area contributed by atoms with Gasteiger partial charge in [0.25, 0.3) is 11.4 Å². The number of benzene rings is 1. The number of alkyl carbamates (subject to hydrolysis) is 1. The van der Waals surface area contributed by atoms with Crippen LogP contribution in [0.1, 0.15) is 97.0 Å². The maximum absolute atomic E-state index is 11.6. The molecule has 0 atom stereocenters. The molecule has 0 radical (unpaired) electrons. The highest BCUT2D eigenvalue weighted by Crippen LogP contribution is 2.24. The first kappa shape index (κ1) is 34.8. The summed E-state index contributed by atoms with van der Waals surface area (Å²) < 4.78 is 6.88. The van der Waals surface area contributed by atoms with Crippen LogP contribution < -0.4 is 22.3 Å². The third kappa shape index (κ3) is 13.7. The van der Waals surface area contributed by atoms with Gasteiger partial charge in [-0.15, -0.1) is 0 Å². The van der Waals surface area contributed by atoms with Crippen molar-refractivity contribution in [3.05, 3.63) is 68.5 Å². The number of carbonyl (C=O) groups is 1. The van der Waals surface area contributed by atoms with Gasteiger partial charge in [-0.1, -0.05) is 57.8 Å². The molecule has 1 heterocycles. The van der Waals surface area contributed by atoms with E-state index in [9.17, 15) is 25.0 Å². The van der Waals surface area contributed by atoms with Crippen LogP contribution in [0, 0.1) is 20.2 Å². The van der Waals surface area contributed by atoms with E-state index in [-0.39, 0.29) is 29.9 Å². The molecule has 0 saturated heterocycles. The number of non-ortho nitro benzene ring substituents is 1. The van der Waals surface area contributed by atoms with Crippen molar-refractivity contribution in [3.8, 4) is 5.69 Å². The van der Waals surface area contributed by atoms with Gasteiger partial charge in [0.05, 0.1) is 9.85 Å². The maximum Gasteiger partial charge on any atom is 0.407 e. The van der Waals surface area contributed by atoms with Crippen LogP contribution in [0.25, 0.3) is 5.69 Å². The van der Waals surface area contributed by atoms with Gasteiger partial charge < -0.3 is 22.5 Å². The molecule has 1 N–H and O–H groups in total. The number of aryl methyl sites for hydroxylation is 1. The van der Waals surface area contributed by atoms with Crippen LogP contribution in [0.15, 0.2) is 42.7 Å². The van der Waals surface area contributed by atoms with Crippen LogP contribution in [0.2, 0.25) is 0 Å². The van der Waals surface area contributed by atoms with Crippen molar-refractivity contribution >= 4 is 17.5 Å². The number of hydrogen-bond acceptors (Lipinski definition) is 6. The Morgan fingerprint density at radius 3 is 2.00 bits per heavy atom. The first-order valence-electron chi connectivity index (χ1n) is 14.0. The fourth-order valence-corrected chi connectivity index (χ4v) is 4.36. The number of rotatable bonds is 17. The normalized spacial score (nSPS) is 11.0. The van der Waals surface area contributed by atoms with Crippen LogP contribution in [-0.2, 0) is 11.2 Å². The Morgan fingerprint density at radius 2 is 1.45 bits per heavy atom. The smallest absolute Gasteiger partial charge is 0.407 e. The lowest BCUT2D eigenvalue weighted by Gasteiger charge is -2.19. The highest BCUT2D eigenvalue weighted by atomic mass is 35.5. The van der Waals surface area contributed by atoms with Crippen molar-refractivity contribution in [2.24, 2.45) is 0 Å². The van der Waals surface area contributed by atoms with E-state index in [0.29, 0.717) is 12.2 Å². The van der Waals surface area contributed by atoms with E-state index in [1.807, 2.05) is 39.1 Å². The van der Waals surface area contributed by atoms with Gasteiger partial charge in [-0.25, -0.2) is 4.79 Å². The second kappa shape index (κ2) is 18.1. The predicted molar refractivity (Wildman–Crippen MR) is 150 cm³/mol. The van der Waals surface area contributed by atoms with E-state index in [4.69, 9.17) is 4.74 Å². The second-order valence-electron chi connectivity index (χ2n) is 10.9. The number of ether oxygens (including phenoxy) is 1. The fourth-order valence-electron chi connectivity index (χ4n) is 4.36. The third-order valence-corrected chi connectivity index (χ3v) is 6.32. The number of pyridine rings is 1. The van der Waals surface area contributed by atoms with Crippen molar-refractivity contribution in [2.75, 3.05) is 6.54 Å². The van der Waals surface area contributed by atoms with Crippen LogP contribution in [0.3, 0.4) is 0 Å². The Hall–Kier alpha value is -3.27. The second-order valence-corrected chi connectivity index (χ2v) is 10.9. The molecule has 1 amide bonds. The van der Waals surface area contributed by atoms with E-state index in [1.165, 1.54) is 57.1 Å². The topological polar surface area (TPSA) is 128 Å². The summed E-state index contributed by atoms with van der Waals surface area (Å²) in [5, 5.41) is 25.3. The quantitative estimate of drug-likeness (QED) is 0.130. The zero-order chi connectivity index (χ0) is 28.7. The zero-order valence-corrected chi connectivity index (χ0v) is 24.7. The summed E-state index contributed by atoms with van der Waals surface area (Å²) >= 11 is 0. The number of aromatic nitrogens is 1. The predicted octanol–water partition coefficient (Wildman–Crippen LogP) is 4.14. The average molecular weight is 579 g/mol. The summed E-state index contributed by atoms with van der Waals surface area (Å²) in [7, 11) is 0. The number of amides is 1. The zero-order valence-electron chi connectivity index (χ0n) is 23.9. The van der Waals surface area contributed by atoms with E-state index in [0.717, 1.165) is 43.7 Å². The van der Waals surface area contributed by atoms with Crippen molar-refractivity contribution in [3.63, 3.8) is 0 Å². The molecule has 0 spiro atoms. The van der Waals surface area contributed by atoms with E-state index < -0.39 is 15.4 Å². The fraction of sp³-hybridized carbons (Fsp3) is 0.586. The SMILES string of the molecule is CC(C)(C)OC(=O)NCCCCCCCCCCCCCc1ccc[n+](-c2ccc([N+](=O)[O-])cc2[N+](=O)[O-])c1.[Cl-]. The third-order valence-electron chi connectivity index (χ3n) is 6.32. The number of halogens is 1. The minimum Gasteiger partial charge on any atom is -1.00 e. The van der Waals surface area contributed by atoms with Crippen LogP contribution in [0.5, 0.6) is 0 Å². The maximum atomic E-state index is 11.6. The minimum atomic E-state index is -0.630. The number of hydrogen-bond donors (Lipinski definition) is 1. The number of nitro benzene ring substituents is 2. The summed E-state index contributed by atoms with van der Waals surface area (Å²) in [5.74, 6) is 0. The van der Waals surface area contributed by atoms with Gasteiger partial charge in [0, 0.05) is 30.3 Å². The van der Waals surface area contributed by atoms with Crippen molar-refractivity contribution in [1.82, 2.24) is 5.32 Å². The van der Waals surface area contributed by atoms with Crippen LogP contribution in [-0.4, -0.2) is 28.1 Å². The number of nitrogens with one attached hydrogen (secondary N) is 1. The standard InChI is InChI=1S/C29H42N4O6.ClH/c1-29(2,3)39-28(34)30-20-14-12-10-8-6-4-5-7-9-11-13-16-24-17-15-21-31(23-24)26-19-18-25(32(35)36)22-27(26)33(37)38;/h15,17-19,21-23H,4-14,16,20H2,1-3H3;1H. The lowest BCUT2D eigenvalue weighted by atomic mass is 10.0. The summed E-state index contributed by atoms with van der Waals surface area (Å²) in [6.45, 7) is 6.24. The lowest BCUT2D eigenvalue weighted by Crippen LogP contribution is -3.00. The molecule has 0 bridgehead atoms. The van der Waals surface area contributed by atoms with Gasteiger partial charge in [0.15, 0.2) is 12.4 Å². The molecule has 1 aromatic carbocycles. The monoisotopic (exact) mass is 578 g/mol. The Labute approximate surface area is 243 Å². The van der Waals surface area contributed by atoms with Gasteiger partial charge in [0.2, 0.25) is 0 Å². The van der Waals surface area contributed by atoms with Gasteiger partial charge in [-0.2, -0.15) is 4.57 Å². The van der Waals surface area contributed by atoms with Crippen LogP contribution in [0.4, 0.5) is 16.2 Å². The molecule has 1 aromatic heterocycles.